The van der Waals surface area contributed by atoms with Gasteiger partial charge in [-0.25, -0.2) is 4.39 Å². The predicted octanol–water partition coefficient (Wildman–Crippen LogP) is 3.33. The lowest BCUT2D eigenvalue weighted by Gasteiger charge is -2.32. The lowest BCUT2D eigenvalue weighted by Crippen LogP contribution is -2.40. The Balaban J connectivity index is 2.59. The number of halogens is 1. The van der Waals surface area contributed by atoms with E-state index in [1.165, 1.54) is 6.07 Å². The van der Waals surface area contributed by atoms with Crippen LogP contribution < -0.4 is 0 Å². The Hall–Kier alpha value is -1.42. The van der Waals surface area contributed by atoms with Crippen LogP contribution >= 0.6 is 0 Å². The first-order valence-electron chi connectivity index (χ1n) is 7.12. The molecule has 0 saturated heterocycles. The van der Waals surface area contributed by atoms with E-state index < -0.39 is 5.97 Å². The number of hydrogen-bond acceptors (Lipinski definition) is 2. The highest BCUT2D eigenvalue weighted by Crippen LogP contribution is 2.14. The number of carbonyl (C=O) groups is 1. The zero-order valence-corrected chi connectivity index (χ0v) is 12.5. The first-order valence-corrected chi connectivity index (χ1v) is 7.12. The highest BCUT2D eigenvalue weighted by molar-refractivity contribution is 5.66. The van der Waals surface area contributed by atoms with Crippen LogP contribution in [-0.2, 0) is 11.2 Å². The molecule has 1 aromatic carbocycles. The molecule has 0 bridgehead atoms. The van der Waals surface area contributed by atoms with Gasteiger partial charge in [-0.15, -0.1) is 0 Å². The molecule has 20 heavy (non-hydrogen) atoms. The van der Waals surface area contributed by atoms with Crippen LogP contribution in [0.1, 0.15) is 39.2 Å². The maximum absolute atomic E-state index is 13.2. The van der Waals surface area contributed by atoms with Gasteiger partial charge in [-0.1, -0.05) is 12.1 Å². The molecule has 1 unspecified atom stereocenters. The Morgan fingerprint density at radius 1 is 1.35 bits per heavy atom. The Kier molecular flexibility index (Phi) is 6.65. The zero-order valence-electron chi connectivity index (χ0n) is 12.5. The number of hydrogen-bond donors (Lipinski definition) is 1. The summed E-state index contributed by atoms with van der Waals surface area (Å²) in [6.07, 6.45) is 1.60. The standard InChI is InChI=1S/C16H24FNO2/c1-12(2)18(9-5-8-16(19)20)13(3)10-14-6-4-7-15(17)11-14/h4,6-7,11-13H,5,8-10H2,1-3H3,(H,19,20). The molecule has 0 aliphatic rings. The summed E-state index contributed by atoms with van der Waals surface area (Å²) in [7, 11) is 0. The van der Waals surface area contributed by atoms with Crippen molar-refractivity contribution in [3.05, 3.63) is 35.6 Å². The Labute approximate surface area is 120 Å². The Morgan fingerprint density at radius 2 is 2.05 bits per heavy atom. The molecule has 0 amide bonds. The topological polar surface area (TPSA) is 40.5 Å². The van der Waals surface area contributed by atoms with Gasteiger partial charge < -0.3 is 5.11 Å². The molecular formula is C16H24FNO2. The number of carboxylic acid groups (broad SMARTS) is 1. The fourth-order valence-corrected chi connectivity index (χ4v) is 2.52. The molecular weight excluding hydrogens is 257 g/mol. The zero-order chi connectivity index (χ0) is 15.1. The Morgan fingerprint density at radius 3 is 2.60 bits per heavy atom. The van der Waals surface area contributed by atoms with Gasteiger partial charge in [-0.2, -0.15) is 0 Å². The van der Waals surface area contributed by atoms with Gasteiger partial charge in [0.15, 0.2) is 0 Å². The van der Waals surface area contributed by atoms with Crippen LogP contribution in [0.3, 0.4) is 0 Å². The third-order valence-corrected chi connectivity index (χ3v) is 3.46. The van der Waals surface area contributed by atoms with E-state index in [0.717, 1.165) is 18.5 Å². The summed E-state index contributed by atoms with van der Waals surface area (Å²) in [6.45, 7) is 7.05. The SMILES string of the molecule is CC(C)N(CCCC(=O)O)C(C)Cc1cccc(F)c1. The second kappa shape index (κ2) is 8.00. The van der Waals surface area contributed by atoms with Crippen molar-refractivity contribution in [3.63, 3.8) is 0 Å². The van der Waals surface area contributed by atoms with Gasteiger partial charge in [0.2, 0.25) is 0 Å². The van der Waals surface area contributed by atoms with E-state index >= 15 is 0 Å². The van der Waals surface area contributed by atoms with E-state index in [4.69, 9.17) is 5.11 Å². The van der Waals surface area contributed by atoms with Crippen molar-refractivity contribution < 1.29 is 14.3 Å². The summed E-state index contributed by atoms with van der Waals surface area (Å²) in [5.41, 5.74) is 0.974. The molecule has 0 aromatic heterocycles. The fourth-order valence-electron chi connectivity index (χ4n) is 2.52. The molecule has 1 atom stereocenters. The summed E-state index contributed by atoms with van der Waals surface area (Å²) in [6, 6.07) is 7.25. The maximum atomic E-state index is 13.2. The van der Waals surface area contributed by atoms with Crippen molar-refractivity contribution in [1.82, 2.24) is 4.90 Å². The third-order valence-electron chi connectivity index (χ3n) is 3.46. The highest BCUT2D eigenvalue weighted by Gasteiger charge is 2.17. The van der Waals surface area contributed by atoms with Crippen LogP contribution in [0.15, 0.2) is 24.3 Å². The van der Waals surface area contributed by atoms with E-state index in [9.17, 15) is 9.18 Å². The average Bonchev–Trinajstić information content (AvgIpc) is 2.33. The quantitative estimate of drug-likeness (QED) is 0.794. The summed E-state index contributed by atoms with van der Waals surface area (Å²) < 4.78 is 13.2. The highest BCUT2D eigenvalue weighted by atomic mass is 19.1. The van der Waals surface area contributed by atoms with Crippen molar-refractivity contribution in [2.24, 2.45) is 0 Å². The number of nitrogens with zero attached hydrogens (tertiary/aromatic N) is 1. The van der Waals surface area contributed by atoms with Crippen molar-refractivity contribution in [2.45, 2.75) is 52.1 Å². The summed E-state index contributed by atoms with van der Waals surface area (Å²) >= 11 is 0. The van der Waals surface area contributed by atoms with Crippen LogP contribution in [0.2, 0.25) is 0 Å². The van der Waals surface area contributed by atoms with Crippen molar-refractivity contribution in [2.75, 3.05) is 6.54 Å². The number of carboxylic acids is 1. The number of aliphatic carboxylic acids is 1. The van der Waals surface area contributed by atoms with E-state index in [1.807, 2.05) is 6.07 Å². The molecule has 1 N–H and O–H groups in total. The first-order chi connectivity index (χ1) is 9.40. The van der Waals surface area contributed by atoms with Gasteiger partial charge in [0, 0.05) is 18.5 Å². The maximum Gasteiger partial charge on any atom is 0.303 e. The van der Waals surface area contributed by atoms with Crippen LogP contribution in [0.4, 0.5) is 4.39 Å². The van der Waals surface area contributed by atoms with E-state index in [-0.39, 0.29) is 18.3 Å². The largest absolute Gasteiger partial charge is 0.481 e. The summed E-state index contributed by atoms with van der Waals surface area (Å²) in [4.78, 5) is 12.9. The second-order valence-electron chi connectivity index (χ2n) is 5.51. The smallest absolute Gasteiger partial charge is 0.303 e. The normalized spacial score (nSPS) is 12.9. The van der Waals surface area contributed by atoms with Gasteiger partial charge in [0.05, 0.1) is 0 Å². The molecule has 0 spiro atoms. The van der Waals surface area contributed by atoms with E-state index in [0.29, 0.717) is 12.5 Å². The molecule has 0 radical (unpaired) electrons. The van der Waals surface area contributed by atoms with E-state index in [1.54, 1.807) is 12.1 Å². The first kappa shape index (κ1) is 16.6. The van der Waals surface area contributed by atoms with Gasteiger partial charge in [0.25, 0.3) is 0 Å². The fraction of sp³-hybridized carbons (Fsp3) is 0.562. The molecule has 0 heterocycles. The second-order valence-corrected chi connectivity index (χ2v) is 5.51. The van der Waals surface area contributed by atoms with Gasteiger partial charge in [-0.05, 0) is 57.9 Å². The molecule has 1 rings (SSSR count). The Bertz CT molecular complexity index is 434. The minimum absolute atomic E-state index is 0.190. The van der Waals surface area contributed by atoms with Crippen LogP contribution in [-0.4, -0.2) is 34.6 Å². The molecule has 0 fully saturated rings. The predicted molar refractivity (Wildman–Crippen MR) is 78.3 cm³/mol. The number of rotatable bonds is 8. The molecule has 3 nitrogen and oxygen atoms in total. The van der Waals surface area contributed by atoms with Crippen LogP contribution in [0.25, 0.3) is 0 Å². The lowest BCUT2D eigenvalue weighted by molar-refractivity contribution is -0.137. The minimum Gasteiger partial charge on any atom is -0.481 e. The van der Waals surface area contributed by atoms with Crippen LogP contribution in [0.5, 0.6) is 0 Å². The third kappa shape index (κ3) is 5.70. The van der Waals surface area contributed by atoms with Gasteiger partial charge in [0.1, 0.15) is 5.82 Å². The van der Waals surface area contributed by atoms with Crippen molar-refractivity contribution in [3.8, 4) is 0 Å². The molecule has 112 valence electrons. The van der Waals surface area contributed by atoms with E-state index in [2.05, 4.69) is 25.7 Å². The molecule has 4 heteroatoms. The van der Waals surface area contributed by atoms with Crippen LogP contribution in [0, 0.1) is 5.82 Å². The molecule has 1 aromatic rings. The molecule has 0 saturated carbocycles. The summed E-state index contributed by atoms with van der Waals surface area (Å²) in [5.74, 6) is -0.969. The average molecular weight is 281 g/mol. The van der Waals surface area contributed by atoms with Gasteiger partial charge in [-0.3, -0.25) is 9.69 Å². The molecule has 0 aliphatic carbocycles. The number of benzene rings is 1. The van der Waals surface area contributed by atoms with Crippen molar-refractivity contribution >= 4 is 5.97 Å². The minimum atomic E-state index is -0.758. The summed E-state index contributed by atoms with van der Waals surface area (Å²) in [5, 5.41) is 8.71. The van der Waals surface area contributed by atoms with Gasteiger partial charge >= 0.3 is 5.97 Å². The van der Waals surface area contributed by atoms with Crippen molar-refractivity contribution in [1.29, 1.82) is 0 Å². The lowest BCUT2D eigenvalue weighted by atomic mass is 10.0. The molecule has 0 aliphatic heterocycles. The monoisotopic (exact) mass is 281 g/mol.